The summed E-state index contributed by atoms with van der Waals surface area (Å²) in [5.41, 5.74) is -0.279. The van der Waals surface area contributed by atoms with E-state index in [-0.39, 0.29) is 29.3 Å². The van der Waals surface area contributed by atoms with Crippen molar-refractivity contribution in [3.8, 4) is 0 Å². The standard InChI is InChI=1S/C17H32N2O3/c1-6-14-11-22-16(2,3)12-19(14)15(20)18-13-7-9-17(4,21-5)10-8-13/h13-14H,6-12H2,1-5H3,(H,18,20). The Kier molecular flexibility index (Phi) is 5.38. The average molecular weight is 312 g/mol. The van der Waals surface area contributed by atoms with E-state index in [1.165, 1.54) is 0 Å². The van der Waals surface area contributed by atoms with Gasteiger partial charge in [0.1, 0.15) is 0 Å². The molecule has 1 heterocycles. The highest BCUT2D eigenvalue weighted by molar-refractivity contribution is 5.75. The fourth-order valence-corrected chi connectivity index (χ4v) is 3.41. The van der Waals surface area contributed by atoms with E-state index in [0.717, 1.165) is 32.1 Å². The number of carbonyl (C=O) groups is 1. The van der Waals surface area contributed by atoms with Gasteiger partial charge in [-0.05, 0) is 52.9 Å². The zero-order chi connectivity index (χ0) is 16.4. The number of carbonyl (C=O) groups excluding carboxylic acids is 1. The van der Waals surface area contributed by atoms with Gasteiger partial charge in [-0.25, -0.2) is 4.79 Å². The summed E-state index contributed by atoms with van der Waals surface area (Å²) in [6, 6.07) is 0.509. The Morgan fingerprint density at radius 1 is 1.32 bits per heavy atom. The number of hydrogen-bond acceptors (Lipinski definition) is 3. The van der Waals surface area contributed by atoms with Gasteiger partial charge in [-0.1, -0.05) is 6.92 Å². The van der Waals surface area contributed by atoms with Crippen molar-refractivity contribution in [3.05, 3.63) is 0 Å². The summed E-state index contributed by atoms with van der Waals surface area (Å²) in [5.74, 6) is 0. The van der Waals surface area contributed by atoms with Crippen LogP contribution in [0.2, 0.25) is 0 Å². The second kappa shape index (κ2) is 6.75. The Balaban J connectivity index is 1.91. The number of rotatable bonds is 3. The van der Waals surface area contributed by atoms with Crippen molar-refractivity contribution < 1.29 is 14.3 Å². The quantitative estimate of drug-likeness (QED) is 0.872. The monoisotopic (exact) mass is 312 g/mol. The largest absolute Gasteiger partial charge is 0.379 e. The van der Waals surface area contributed by atoms with Crippen molar-refractivity contribution in [2.24, 2.45) is 0 Å². The van der Waals surface area contributed by atoms with Crippen LogP contribution in [0, 0.1) is 0 Å². The summed E-state index contributed by atoms with van der Waals surface area (Å²) < 4.78 is 11.4. The van der Waals surface area contributed by atoms with Crippen LogP contribution in [-0.2, 0) is 9.47 Å². The topological polar surface area (TPSA) is 50.8 Å². The van der Waals surface area contributed by atoms with Crippen LogP contribution >= 0.6 is 0 Å². The van der Waals surface area contributed by atoms with Crippen molar-refractivity contribution >= 4 is 6.03 Å². The second-order valence-corrected chi connectivity index (χ2v) is 7.64. The molecule has 1 atom stereocenters. The van der Waals surface area contributed by atoms with Crippen LogP contribution in [0.5, 0.6) is 0 Å². The average Bonchev–Trinajstić information content (AvgIpc) is 2.49. The van der Waals surface area contributed by atoms with E-state index in [1.807, 2.05) is 18.7 Å². The number of ether oxygens (including phenoxy) is 2. The first-order valence-corrected chi connectivity index (χ1v) is 8.55. The minimum absolute atomic E-state index is 0.0197. The fraction of sp³-hybridized carbons (Fsp3) is 0.941. The van der Waals surface area contributed by atoms with Crippen LogP contribution in [-0.4, -0.2) is 54.5 Å². The summed E-state index contributed by atoms with van der Waals surface area (Å²) in [4.78, 5) is 14.6. The summed E-state index contributed by atoms with van der Waals surface area (Å²) in [7, 11) is 1.78. The molecule has 5 heteroatoms. The first kappa shape index (κ1) is 17.5. The predicted octanol–water partition coefficient (Wildman–Crippen LogP) is 2.93. The van der Waals surface area contributed by atoms with Gasteiger partial charge in [0.15, 0.2) is 0 Å². The smallest absolute Gasteiger partial charge is 0.318 e. The molecular weight excluding hydrogens is 280 g/mol. The molecule has 0 radical (unpaired) electrons. The summed E-state index contributed by atoms with van der Waals surface area (Å²) >= 11 is 0. The molecule has 1 aliphatic heterocycles. The number of hydrogen-bond donors (Lipinski definition) is 1. The van der Waals surface area contributed by atoms with E-state index in [9.17, 15) is 4.79 Å². The molecule has 5 nitrogen and oxygen atoms in total. The van der Waals surface area contributed by atoms with Gasteiger partial charge in [-0.15, -0.1) is 0 Å². The van der Waals surface area contributed by atoms with E-state index >= 15 is 0 Å². The molecule has 1 saturated heterocycles. The molecule has 0 spiro atoms. The van der Waals surface area contributed by atoms with Crippen LogP contribution in [0.3, 0.4) is 0 Å². The maximum atomic E-state index is 12.7. The highest BCUT2D eigenvalue weighted by atomic mass is 16.5. The molecule has 128 valence electrons. The van der Waals surface area contributed by atoms with Gasteiger partial charge in [0, 0.05) is 13.2 Å². The van der Waals surface area contributed by atoms with Gasteiger partial charge in [0.05, 0.1) is 30.4 Å². The van der Waals surface area contributed by atoms with Crippen molar-refractivity contribution in [3.63, 3.8) is 0 Å². The van der Waals surface area contributed by atoms with Gasteiger partial charge in [0.2, 0.25) is 0 Å². The highest BCUT2D eigenvalue weighted by Gasteiger charge is 2.37. The van der Waals surface area contributed by atoms with E-state index < -0.39 is 0 Å². The van der Waals surface area contributed by atoms with Crippen molar-refractivity contribution in [1.29, 1.82) is 0 Å². The van der Waals surface area contributed by atoms with E-state index in [1.54, 1.807) is 7.11 Å². The molecule has 2 amide bonds. The minimum atomic E-state index is -0.260. The lowest BCUT2D eigenvalue weighted by molar-refractivity contribution is -0.100. The van der Waals surface area contributed by atoms with Gasteiger partial charge in [-0.2, -0.15) is 0 Å². The molecule has 1 N–H and O–H groups in total. The van der Waals surface area contributed by atoms with Gasteiger partial charge in [0.25, 0.3) is 0 Å². The lowest BCUT2D eigenvalue weighted by atomic mass is 9.83. The lowest BCUT2D eigenvalue weighted by Crippen LogP contribution is -2.59. The maximum absolute atomic E-state index is 12.7. The Bertz CT molecular complexity index is 389. The third-order valence-electron chi connectivity index (χ3n) is 5.25. The second-order valence-electron chi connectivity index (χ2n) is 7.64. The van der Waals surface area contributed by atoms with Crippen molar-refractivity contribution in [1.82, 2.24) is 10.2 Å². The number of nitrogens with one attached hydrogen (secondary N) is 1. The molecule has 2 fully saturated rings. The van der Waals surface area contributed by atoms with Gasteiger partial charge < -0.3 is 19.7 Å². The van der Waals surface area contributed by atoms with Crippen LogP contribution in [0.15, 0.2) is 0 Å². The molecule has 2 aliphatic rings. The molecule has 1 unspecified atom stereocenters. The van der Waals surface area contributed by atoms with Crippen LogP contribution in [0.25, 0.3) is 0 Å². The fourth-order valence-electron chi connectivity index (χ4n) is 3.41. The zero-order valence-corrected chi connectivity index (χ0v) is 14.8. The highest BCUT2D eigenvalue weighted by Crippen LogP contribution is 2.31. The minimum Gasteiger partial charge on any atom is -0.379 e. The number of morpholine rings is 1. The molecule has 1 aliphatic carbocycles. The first-order valence-electron chi connectivity index (χ1n) is 8.55. The number of nitrogens with zero attached hydrogens (tertiary/aromatic N) is 1. The van der Waals surface area contributed by atoms with Crippen LogP contribution in [0.4, 0.5) is 4.79 Å². The van der Waals surface area contributed by atoms with Gasteiger partial charge >= 0.3 is 6.03 Å². The molecule has 0 aromatic rings. The number of methoxy groups -OCH3 is 1. The van der Waals surface area contributed by atoms with E-state index in [0.29, 0.717) is 13.2 Å². The van der Waals surface area contributed by atoms with Crippen molar-refractivity contribution in [2.45, 2.75) is 83.1 Å². The summed E-state index contributed by atoms with van der Waals surface area (Å²) in [5, 5.41) is 3.23. The van der Waals surface area contributed by atoms with E-state index in [4.69, 9.17) is 9.47 Å². The molecule has 0 bridgehead atoms. The Labute approximate surface area is 134 Å². The van der Waals surface area contributed by atoms with Crippen LogP contribution in [0.1, 0.15) is 59.8 Å². The zero-order valence-electron chi connectivity index (χ0n) is 14.8. The molecule has 0 aromatic heterocycles. The number of amides is 2. The summed E-state index contributed by atoms with van der Waals surface area (Å²) in [6.07, 6.45) is 4.90. The normalized spacial score (nSPS) is 35.2. The molecule has 0 aromatic carbocycles. The van der Waals surface area contributed by atoms with Gasteiger partial charge in [-0.3, -0.25) is 0 Å². The van der Waals surface area contributed by atoms with E-state index in [2.05, 4.69) is 19.2 Å². The van der Waals surface area contributed by atoms with Crippen LogP contribution < -0.4 is 5.32 Å². The first-order chi connectivity index (χ1) is 10.3. The third-order valence-corrected chi connectivity index (χ3v) is 5.25. The number of urea groups is 1. The molecular formula is C17H32N2O3. The maximum Gasteiger partial charge on any atom is 0.318 e. The molecule has 1 saturated carbocycles. The Morgan fingerprint density at radius 2 is 1.95 bits per heavy atom. The Hall–Kier alpha value is -0.810. The summed E-state index contributed by atoms with van der Waals surface area (Å²) in [6.45, 7) is 9.64. The molecule has 22 heavy (non-hydrogen) atoms. The Morgan fingerprint density at radius 3 is 2.50 bits per heavy atom. The molecule has 2 rings (SSSR count). The third kappa shape index (κ3) is 4.13. The SMILES string of the molecule is CCC1COC(C)(C)CN1C(=O)NC1CCC(C)(OC)CC1. The van der Waals surface area contributed by atoms with Crippen molar-refractivity contribution in [2.75, 3.05) is 20.3 Å². The predicted molar refractivity (Wildman–Crippen MR) is 87.0 cm³/mol. The lowest BCUT2D eigenvalue weighted by Gasteiger charge is -2.44.